The molecule has 0 unspecified atom stereocenters. The minimum absolute atomic E-state index is 0.168. The van der Waals surface area contributed by atoms with E-state index in [1.807, 2.05) is 18.2 Å². The Morgan fingerprint density at radius 1 is 1.25 bits per heavy atom. The fourth-order valence-corrected chi connectivity index (χ4v) is 2.65. The van der Waals surface area contributed by atoms with Crippen LogP contribution in [0.4, 0.5) is 0 Å². The molecule has 0 aliphatic heterocycles. The van der Waals surface area contributed by atoms with Crippen LogP contribution in [0, 0.1) is 0 Å². The van der Waals surface area contributed by atoms with Crippen LogP contribution in [-0.4, -0.2) is 17.3 Å². The van der Waals surface area contributed by atoms with E-state index in [-0.39, 0.29) is 5.54 Å². The highest BCUT2D eigenvalue weighted by Gasteiger charge is 2.25. The number of hydrogen-bond acceptors (Lipinski definition) is 1. The Morgan fingerprint density at radius 3 is 2.38 bits per heavy atom. The van der Waals surface area contributed by atoms with E-state index >= 15 is 0 Å². The summed E-state index contributed by atoms with van der Waals surface area (Å²) >= 11 is 15.5. The van der Waals surface area contributed by atoms with Crippen LogP contribution in [-0.2, 0) is 6.54 Å². The van der Waals surface area contributed by atoms with Crippen LogP contribution in [0.2, 0.25) is 0 Å². The highest BCUT2D eigenvalue weighted by molar-refractivity contribution is 9.10. The summed E-state index contributed by atoms with van der Waals surface area (Å²) in [6, 6.07) is 8.15. The van der Waals surface area contributed by atoms with Crippen molar-refractivity contribution in [2.45, 2.75) is 25.4 Å². The van der Waals surface area contributed by atoms with Crippen LogP contribution in [0.3, 0.4) is 0 Å². The fourth-order valence-electron chi connectivity index (χ4n) is 1.37. The highest BCUT2D eigenvalue weighted by atomic mass is 79.9. The molecule has 0 amide bonds. The van der Waals surface area contributed by atoms with Gasteiger partial charge in [0.2, 0.25) is 0 Å². The molecule has 0 saturated carbocycles. The lowest BCUT2D eigenvalue weighted by Crippen LogP contribution is -2.47. The Morgan fingerprint density at radius 2 is 1.88 bits per heavy atom. The van der Waals surface area contributed by atoms with E-state index in [0.717, 1.165) is 17.4 Å². The first-order valence-electron chi connectivity index (χ1n) is 5.28. The van der Waals surface area contributed by atoms with Gasteiger partial charge < -0.3 is 5.32 Å². The zero-order valence-corrected chi connectivity index (χ0v) is 12.4. The van der Waals surface area contributed by atoms with E-state index in [2.05, 4.69) is 34.2 Å². The molecule has 4 heteroatoms. The van der Waals surface area contributed by atoms with Crippen LogP contribution in [0.1, 0.15) is 18.9 Å². The van der Waals surface area contributed by atoms with Gasteiger partial charge in [-0.2, -0.15) is 0 Å². The van der Waals surface area contributed by atoms with Crippen LogP contribution in [0.25, 0.3) is 0 Å². The first-order valence-corrected chi connectivity index (χ1v) is 7.14. The van der Waals surface area contributed by atoms with Gasteiger partial charge in [0.05, 0.1) is 0 Å². The zero-order chi connectivity index (χ0) is 12.0. The molecule has 0 spiro atoms. The molecule has 0 aliphatic rings. The first kappa shape index (κ1) is 14.3. The Labute approximate surface area is 116 Å². The van der Waals surface area contributed by atoms with Gasteiger partial charge in [0.25, 0.3) is 0 Å². The van der Waals surface area contributed by atoms with Crippen LogP contribution < -0.4 is 5.32 Å². The van der Waals surface area contributed by atoms with E-state index in [1.54, 1.807) is 0 Å². The van der Waals surface area contributed by atoms with Crippen molar-refractivity contribution in [3.63, 3.8) is 0 Å². The van der Waals surface area contributed by atoms with Gasteiger partial charge in [0.15, 0.2) is 0 Å². The average molecular weight is 325 g/mol. The highest BCUT2D eigenvalue weighted by Crippen LogP contribution is 2.19. The first-order chi connectivity index (χ1) is 7.67. The number of nitrogens with one attached hydrogen (secondary N) is 1. The van der Waals surface area contributed by atoms with Crippen molar-refractivity contribution in [1.82, 2.24) is 5.32 Å². The van der Waals surface area contributed by atoms with Crippen molar-refractivity contribution in [1.29, 1.82) is 0 Å². The third kappa shape index (κ3) is 3.63. The second kappa shape index (κ2) is 6.85. The topological polar surface area (TPSA) is 12.0 Å². The summed E-state index contributed by atoms with van der Waals surface area (Å²) in [7, 11) is 0. The van der Waals surface area contributed by atoms with Gasteiger partial charge in [0.1, 0.15) is 0 Å². The lowest BCUT2D eigenvalue weighted by Gasteiger charge is -2.30. The predicted octanol–water partition coefficient (Wildman–Crippen LogP) is 4.17. The largest absolute Gasteiger partial charge is 0.305 e. The molecule has 0 atom stereocenters. The summed E-state index contributed by atoms with van der Waals surface area (Å²) in [4.78, 5) is 0. The van der Waals surface area contributed by atoms with Gasteiger partial charge in [0, 0.05) is 28.3 Å². The number of benzene rings is 1. The van der Waals surface area contributed by atoms with Crippen molar-refractivity contribution in [2.24, 2.45) is 0 Å². The van der Waals surface area contributed by atoms with Crippen molar-refractivity contribution >= 4 is 39.1 Å². The molecular weight excluding hydrogens is 309 g/mol. The SMILES string of the molecule is CCC(CCl)(CCl)NCc1ccccc1Br. The van der Waals surface area contributed by atoms with Gasteiger partial charge in [-0.1, -0.05) is 41.1 Å². The molecule has 1 N–H and O–H groups in total. The Hall–Kier alpha value is 0.240. The van der Waals surface area contributed by atoms with Crippen molar-refractivity contribution in [3.8, 4) is 0 Å². The Bertz CT molecular complexity index is 318. The van der Waals surface area contributed by atoms with E-state index in [4.69, 9.17) is 23.2 Å². The molecule has 1 aromatic carbocycles. The number of rotatable bonds is 6. The maximum Gasteiger partial charge on any atom is 0.0453 e. The molecule has 0 aliphatic carbocycles. The Balaban J connectivity index is 2.66. The minimum Gasteiger partial charge on any atom is -0.305 e. The second-order valence-electron chi connectivity index (χ2n) is 3.85. The van der Waals surface area contributed by atoms with Crippen molar-refractivity contribution in [3.05, 3.63) is 34.3 Å². The zero-order valence-electron chi connectivity index (χ0n) is 9.27. The fraction of sp³-hybridized carbons (Fsp3) is 0.500. The summed E-state index contributed by atoms with van der Waals surface area (Å²) in [5, 5.41) is 3.45. The summed E-state index contributed by atoms with van der Waals surface area (Å²) in [6.45, 7) is 2.87. The maximum atomic E-state index is 5.97. The number of halogens is 3. The van der Waals surface area contributed by atoms with Crippen molar-refractivity contribution < 1.29 is 0 Å². The Kier molecular flexibility index (Phi) is 6.12. The summed E-state index contributed by atoms with van der Waals surface area (Å²) in [6.07, 6.45) is 0.921. The monoisotopic (exact) mass is 323 g/mol. The van der Waals surface area contributed by atoms with E-state index in [9.17, 15) is 0 Å². The summed E-state index contributed by atoms with van der Waals surface area (Å²) < 4.78 is 1.11. The smallest absolute Gasteiger partial charge is 0.0453 e. The van der Waals surface area contributed by atoms with E-state index < -0.39 is 0 Å². The normalized spacial score (nSPS) is 11.8. The van der Waals surface area contributed by atoms with Crippen LogP contribution >= 0.6 is 39.1 Å². The molecule has 1 aromatic rings. The summed E-state index contributed by atoms with van der Waals surface area (Å²) in [5.74, 6) is 1.05. The molecule has 90 valence electrons. The van der Waals surface area contributed by atoms with Crippen LogP contribution in [0.15, 0.2) is 28.7 Å². The molecule has 0 aromatic heterocycles. The number of hydrogen-bond donors (Lipinski definition) is 1. The average Bonchev–Trinajstić information content (AvgIpc) is 2.34. The molecular formula is C12H16BrCl2N. The van der Waals surface area contributed by atoms with E-state index in [1.165, 1.54) is 5.56 Å². The van der Waals surface area contributed by atoms with E-state index in [0.29, 0.717) is 11.8 Å². The third-order valence-electron chi connectivity index (χ3n) is 2.80. The van der Waals surface area contributed by atoms with Gasteiger partial charge in [-0.25, -0.2) is 0 Å². The quantitative estimate of drug-likeness (QED) is 0.774. The summed E-state index contributed by atoms with van der Waals surface area (Å²) in [5.41, 5.74) is 1.05. The van der Waals surface area contributed by atoms with Gasteiger partial charge in [-0.3, -0.25) is 0 Å². The third-order valence-corrected chi connectivity index (χ3v) is 4.60. The maximum absolute atomic E-state index is 5.97. The lowest BCUT2D eigenvalue weighted by molar-refractivity contribution is 0.384. The molecule has 16 heavy (non-hydrogen) atoms. The second-order valence-corrected chi connectivity index (χ2v) is 5.23. The molecule has 0 radical (unpaired) electrons. The van der Waals surface area contributed by atoms with Gasteiger partial charge in [-0.15, -0.1) is 23.2 Å². The van der Waals surface area contributed by atoms with Gasteiger partial charge >= 0.3 is 0 Å². The van der Waals surface area contributed by atoms with Crippen molar-refractivity contribution in [2.75, 3.05) is 11.8 Å². The molecule has 1 nitrogen and oxygen atoms in total. The molecule has 0 heterocycles. The predicted molar refractivity (Wildman–Crippen MR) is 75.4 cm³/mol. The minimum atomic E-state index is -0.168. The number of alkyl halides is 2. The molecule has 1 rings (SSSR count). The standard InChI is InChI=1S/C12H16BrCl2N/c1-2-12(8-14,9-15)16-7-10-5-3-4-6-11(10)13/h3-6,16H,2,7-9H2,1H3. The van der Waals surface area contributed by atoms with Gasteiger partial charge in [-0.05, 0) is 18.1 Å². The molecule has 0 fully saturated rings. The van der Waals surface area contributed by atoms with Crippen LogP contribution in [0.5, 0.6) is 0 Å². The lowest BCUT2D eigenvalue weighted by atomic mass is 10.0. The molecule has 0 saturated heterocycles. The molecule has 0 bridgehead atoms.